The Morgan fingerprint density at radius 3 is 2.00 bits per heavy atom. The van der Waals surface area contributed by atoms with Gasteiger partial charge in [0, 0.05) is 0 Å². The number of hydrogen-bond donors (Lipinski definition) is 0. The van der Waals surface area contributed by atoms with Crippen molar-refractivity contribution in [3.05, 3.63) is 0 Å². The van der Waals surface area contributed by atoms with Crippen LogP contribution in [0.15, 0.2) is 0 Å². The lowest BCUT2D eigenvalue weighted by Crippen LogP contribution is -2.28. The van der Waals surface area contributed by atoms with E-state index in [4.69, 9.17) is 15.7 Å². The normalized spacial score (nSPS) is 37.8. The van der Waals surface area contributed by atoms with Gasteiger partial charge in [-0.15, -0.1) is 0 Å². The molecule has 0 heterocycles. The first-order chi connectivity index (χ1) is 6.51. The van der Waals surface area contributed by atoms with Gasteiger partial charge < -0.3 is 0 Å². The van der Waals surface area contributed by atoms with Crippen LogP contribution in [0.5, 0.6) is 0 Å². The Bertz CT molecular complexity index is 198. The summed E-state index contributed by atoms with van der Waals surface area (Å²) in [5, 5.41) is -0.426. The fraction of sp³-hybridized carbons (Fsp3) is 1.00. The molecule has 2 rings (SSSR count). The van der Waals surface area contributed by atoms with E-state index >= 15 is 0 Å². The quantitative estimate of drug-likeness (QED) is 0.581. The Balaban J connectivity index is 2.01. The van der Waals surface area contributed by atoms with Crippen LogP contribution >= 0.6 is 0 Å². The van der Waals surface area contributed by atoms with Gasteiger partial charge in [-0.1, -0.05) is 50.2 Å². The summed E-state index contributed by atoms with van der Waals surface area (Å²) in [6.07, 6.45) is 6.86. The van der Waals surface area contributed by atoms with E-state index in [9.17, 15) is 0 Å². The van der Waals surface area contributed by atoms with Crippen molar-refractivity contribution >= 4 is 15.7 Å². The van der Waals surface area contributed by atoms with Gasteiger partial charge in [0.25, 0.3) is 0 Å². The van der Waals surface area contributed by atoms with Crippen molar-refractivity contribution in [2.75, 3.05) is 0 Å². The van der Waals surface area contributed by atoms with E-state index in [-0.39, 0.29) is 0 Å². The molecule has 2 fully saturated rings. The maximum absolute atomic E-state index is 6.25. The lowest BCUT2D eigenvalue weighted by Gasteiger charge is -2.37. The zero-order chi connectivity index (χ0) is 10.3. The topological polar surface area (TPSA) is 0 Å². The summed E-state index contributed by atoms with van der Waals surface area (Å²) in [4.78, 5) is 0. The molecule has 2 aliphatic carbocycles. The number of hydrogen-bond acceptors (Lipinski definition) is 0. The largest absolute Gasteiger partial charge is 0.0940 e. The molecular formula is C12H20B2. The predicted octanol–water partition coefficient (Wildman–Crippen LogP) is 2.92. The third-order valence-electron chi connectivity index (χ3n) is 4.70. The molecule has 74 valence electrons. The van der Waals surface area contributed by atoms with Gasteiger partial charge in [0.2, 0.25) is 0 Å². The third-order valence-corrected chi connectivity index (χ3v) is 4.70. The van der Waals surface area contributed by atoms with Gasteiger partial charge in [-0.2, -0.15) is 0 Å². The van der Waals surface area contributed by atoms with Crippen LogP contribution in [-0.4, -0.2) is 15.7 Å². The minimum Gasteiger partial charge on any atom is -0.0940 e. The molecule has 0 bridgehead atoms. The van der Waals surface area contributed by atoms with Crippen LogP contribution in [0, 0.1) is 23.7 Å². The Kier molecular flexibility index (Phi) is 2.74. The van der Waals surface area contributed by atoms with Crippen LogP contribution < -0.4 is 0 Å². The number of rotatable bonds is 2. The zero-order valence-corrected chi connectivity index (χ0v) is 9.50. The lowest BCUT2D eigenvalue weighted by molar-refractivity contribution is 0.354. The summed E-state index contributed by atoms with van der Waals surface area (Å²) >= 11 is 0. The SMILES string of the molecule is [B]C([B])(C(C)C)C1CC2CCCC2C1. The van der Waals surface area contributed by atoms with E-state index < -0.39 is 5.21 Å². The molecular weight excluding hydrogens is 166 g/mol. The van der Waals surface area contributed by atoms with Crippen LogP contribution in [0.1, 0.15) is 46.0 Å². The fourth-order valence-electron chi connectivity index (χ4n) is 3.44. The lowest BCUT2D eigenvalue weighted by atomic mass is 9.43. The Morgan fingerprint density at radius 1 is 1.07 bits per heavy atom. The molecule has 2 heteroatoms. The summed E-state index contributed by atoms with van der Waals surface area (Å²) < 4.78 is 0. The molecule has 2 atom stereocenters. The molecule has 0 aromatic carbocycles. The van der Waals surface area contributed by atoms with Gasteiger partial charge in [0.15, 0.2) is 0 Å². The molecule has 14 heavy (non-hydrogen) atoms. The van der Waals surface area contributed by atoms with Crippen molar-refractivity contribution in [2.45, 2.75) is 51.2 Å². The zero-order valence-electron chi connectivity index (χ0n) is 9.50. The monoisotopic (exact) mass is 186 g/mol. The molecule has 0 nitrogen and oxygen atoms in total. The molecule has 0 aliphatic heterocycles. The van der Waals surface area contributed by atoms with Crippen LogP contribution in [0.3, 0.4) is 0 Å². The van der Waals surface area contributed by atoms with Gasteiger partial charge in [-0.3, -0.25) is 0 Å². The van der Waals surface area contributed by atoms with Crippen molar-refractivity contribution in [3.63, 3.8) is 0 Å². The van der Waals surface area contributed by atoms with Crippen LogP contribution in [-0.2, 0) is 0 Å². The Morgan fingerprint density at radius 2 is 1.57 bits per heavy atom. The highest BCUT2D eigenvalue weighted by atomic mass is 14.5. The standard InChI is InChI=1S/C12H20B2/c1-8(2)12(13,14)11-6-9-4-3-5-10(9)7-11/h8-11H,3-7H2,1-2H3. The summed E-state index contributed by atoms with van der Waals surface area (Å²) in [5.41, 5.74) is 0. The summed E-state index contributed by atoms with van der Waals surface area (Å²) in [7, 11) is 12.5. The fourth-order valence-corrected chi connectivity index (χ4v) is 3.44. The van der Waals surface area contributed by atoms with Gasteiger partial charge >= 0.3 is 0 Å². The average molecular weight is 186 g/mol. The second kappa shape index (κ2) is 3.61. The van der Waals surface area contributed by atoms with E-state index in [0.717, 1.165) is 11.8 Å². The average Bonchev–Trinajstić information content (AvgIpc) is 2.60. The van der Waals surface area contributed by atoms with Crippen LogP contribution in [0.25, 0.3) is 0 Å². The predicted molar refractivity (Wildman–Crippen MR) is 62.6 cm³/mol. The summed E-state index contributed by atoms with van der Waals surface area (Å²) in [6.45, 7) is 4.29. The second-order valence-corrected chi connectivity index (χ2v) is 5.77. The molecule has 0 aromatic heterocycles. The van der Waals surface area contributed by atoms with Gasteiger partial charge in [0.05, 0.1) is 15.7 Å². The van der Waals surface area contributed by atoms with E-state index in [2.05, 4.69) is 13.8 Å². The first kappa shape index (κ1) is 10.6. The van der Waals surface area contributed by atoms with Crippen LogP contribution in [0.4, 0.5) is 0 Å². The Hall–Kier alpha value is 0.130. The van der Waals surface area contributed by atoms with Crippen molar-refractivity contribution in [1.82, 2.24) is 0 Å². The van der Waals surface area contributed by atoms with Gasteiger partial charge in [-0.25, -0.2) is 0 Å². The molecule has 4 radical (unpaired) electrons. The Labute approximate surface area is 91.0 Å². The minimum atomic E-state index is -0.426. The minimum absolute atomic E-state index is 0.395. The maximum Gasteiger partial charge on any atom is 0.0627 e. The highest BCUT2D eigenvalue weighted by Crippen LogP contribution is 2.54. The summed E-state index contributed by atoms with van der Waals surface area (Å²) in [6, 6.07) is 0. The molecule has 0 N–H and O–H groups in total. The van der Waals surface area contributed by atoms with E-state index in [0.29, 0.717) is 11.8 Å². The molecule has 2 unspecified atom stereocenters. The maximum atomic E-state index is 6.25. The molecule has 0 saturated heterocycles. The van der Waals surface area contributed by atoms with E-state index in [1.807, 2.05) is 0 Å². The molecule has 2 aliphatic rings. The van der Waals surface area contributed by atoms with Gasteiger partial charge in [-0.05, 0) is 24.7 Å². The van der Waals surface area contributed by atoms with Gasteiger partial charge in [0.1, 0.15) is 0 Å². The third kappa shape index (κ3) is 1.66. The number of fused-ring (bicyclic) bond motifs is 1. The van der Waals surface area contributed by atoms with Crippen molar-refractivity contribution < 1.29 is 0 Å². The second-order valence-electron chi connectivity index (χ2n) is 5.77. The first-order valence-electron chi connectivity index (χ1n) is 6.09. The highest BCUT2D eigenvalue weighted by molar-refractivity contribution is 6.40. The summed E-state index contributed by atoms with van der Waals surface area (Å²) in [5.74, 6) is 2.86. The van der Waals surface area contributed by atoms with E-state index in [1.165, 1.54) is 32.1 Å². The molecule has 0 aromatic rings. The van der Waals surface area contributed by atoms with E-state index in [1.54, 1.807) is 0 Å². The molecule has 2 saturated carbocycles. The van der Waals surface area contributed by atoms with Crippen molar-refractivity contribution in [1.29, 1.82) is 0 Å². The van der Waals surface area contributed by atoms with Crippen LogP contribution in [0.2, 0.25) is 5.21 Å². The van der Waals surface area contributed by atoms with Crippen molar-refractivity contribution in [3.8, 4) is 0 Å². The molecule has 0 amide bonds. The first-order valence-corrected chi connectivity index (χ1v) is 6.09. The van der Waals surface area contributed by atoms with Crippen molar-refractivity contribution in [2.24, 2.45) is 23.7 Å². The highest BCUT2D eigenvalue weighted by Gasteiger charge is 2.43. The molecule has 0 spiro atoms. The smallest absolute Gasteiger partial charge is 0.0627 e.